The van der Waals surface area contributed by atoms with E-state index in [1.165, 1.54) is 21.7 Å². The molecule has 10 atom stereocenters. The number of nitrogens with two attached hydrogens (primary N) is 2. The van der Waals surface area contributed by atoms with Crippen LogP contribution in [0.5, 0.6) is 0 Å². The number of piperidine rings is 2. The highest BCUT2D eigenvalue weighted by molar-refractivity contribution is 6.00. The Balaban J connectivity index is 1.34. The second-order valence-electron chi connectivity index (χ2n) is 25.3. The highest BCUT2D eigenvalue weighted by Gasteiger charge is 2.48. The molecule has 10 amide bonds. The van der Waals surface area contributed by atoms with Gasteiger partial charge in [-0.3, -0.25) is 52.7 Å². The van der Waals surface area contributed by atoms with Crippen molar-refractivity contribution in [1.29, 1.82) is 0 Å². The smallest absolute Gasteiger partial charge is 0.305 e. The molecule has 86 heavy (non-hydrogen) atoms. The summed E-state index contributed by atoms with van der Waals surface area (Å²) in [6.45, 7) is 14.6. The molecule has 11 N–H and O–H groups in total. The van der Waals surface area contributed by atoms with Gasteiger partial charge < -0.3 is 68.1 Å². The van der Waals surface area contributed by atoms with Crippen LogP contribution in [-0.2, 0) is 59.2 Å². The van der Waals surface area contributed by atoms with Crippen molar-refractivity contribution in [3.8, 4) is 0 Å². The van der Waals surface area contributed by atoms with Gasteiger partial charge in [0, 0.05) is 52.1 Å². The van der Waals surface area contributed by atoms with Gasteiger partial charge in [-0.25, -0.2) is 0 Å². The number of nitrogens with zero attached hydrogens (tertiary/aromatic N) is 4. The minimum absolute atomic E-state index is 0.00599. The maximum atomic E-state index is 15.1. The number of unbranched alkanes of at least 4 members (excludes halogenated alkanes) is 4. The van der Waals surface area contributed by atoms with Gasteiger partial charge in [-0.1, -0.05) is 111 Å². The number of aliphatic carboxylic acids is 1. The summed E-state index contributed by atoms with van der Waals surface area (Å²) in [4.78, 5) is 160. The van der Waals surface area contributed by atoms with Gasteiger partial charge in [-0.2, -0.15) is 0 Å². The summed E-state index contributed by atoms with van der Waals surface area (Å²) in [6, 6.07) is -0.0758. The summed E-state index contributed by atoms with van der Waals surface area (Å²) < 4.78 is 0. The number of carbonyl (C=O) groups is 11. The van der Waals surface area contributed by atoms with Crippen LogP contribution in [0.25, 0.3) is 0 Å². The molecule has 0 radical (unpaired) electrons. The maximum Gasteiger partial charge on any atom is 0.305 e. The normalized spacial score (nSPS) is 21.5. The van der Waals surface area contributed by atoms with Gasteiger partial charge >= 0.3 is 5.97 Å². The van der Waals surface area contributed by atoms with E-state index in [1.54, 1.807) is 11.8 Å². The topological polar surface area (TPSA) is 345 Å². The number of primary amides is 1. The maximum absolute atomic E-state index is 15.1. The fraction of sp³-hybridized carbons (Fsp3) is 0.726. The van der Waals surface area contributed by atoms with E-state index in [2.05, 4.69) is 38.8 Å². The van der Waals surface area contributed by atoms with Gasteiger partial charge in [0.15, 0.2) is 0 Å². The van der Waals surface area contributed by atoms with E-state index >= 15 is 9.59 Å². The van der Waals surface area contributed by atoms with Gasteiger partial charge in [-0.15, -0.1) is 0 Å². The Kier molecular flexibility index (Phi) is 27.2. The number of carbonyl (C=O) groups excluding carboxylic acids is 10. The molecular weight excluding hydrogens is 1100 g/mol. The van der Waals surface area contributed by atoms with Crippen LogP contribution in [0.15, 0.2) is 30.3 Å². The summed E-state index contributed by atoms with van der Waals surface area (Å²) in [5, 5.41) is 27.5. The van der Waals surface area contributed by atoms with Crippen LogP contribution < -0.4 is 43.4 Å². The van der Waals surface area contributed by atoms with Crippen LogP contribution >= 0.6 is 0 Å². The van der Waals surface area contributed by atoms with Crippen molar-refractivity contribution in [3.05, 3.63) is 35.9 Å². The first kappa shape index (κ1) is 70.1. The molecule has 1 aromatic rings. The van der Waals surface area contributed by atoms with Gasteiger partial charge in [-0.05, 0) is 101 Å². The lowest BCUT2D eigenvalue weighted by atomic mass is 9.85. The number of hydrogen-bond acceptors (Lipinski definition) is 13. The highest BCUT2D eigenvalue weighted by Crippen LogP contribution is 2.28. The summed E-state index contributed by atoms with van der Waals surface area (Å²) in [5.41, 5.74) is 11.4. The third kappa shape index (κ3) is 19.7. The fourth-order valence-corrected chi connectivity index (χ4v) is 12.3. The first-order valence-corrected chi connectivity index (χ1v) is 31.5. The van der Waals surface area contributed by atoms with Crippen LogP contribution in [0.2, 0.25) is 0 Å². The van der Waals surface area contributed by atoms with Crippen molar-refractivity contribution in [3.63, 3.8) is 0 Å². The number of carboxylic acid groups (broad SMARTS) is 1. The van der Waals surface area contributed by atoms with E-state index in [0.717, 1.165) is 37.7 Å². The van der Waals surface area contributed by atoms with Crippen LogP contribution in [0, 0.1) is 23.7 Å². The molecule has 24 nitrogen and oxygen atoms in total. The van der Waals surface area contributed by atoms with E-state index in [4.69, 9.17) is 11.5 Å². The number of amides is 10. The van der Waals surface area contributed by atoms with Gasteiger partial charge in [0.1, 0.15) is 47.8 Å². The largest absolute Gasteiger partial charge is 0.481 e. The van der Waals surface area contributed by atoms with Crippen LogP contribution in [-0.4, -0.2) is 190 Å². The summed E-state index contributed by atoms with van der Waals surface area (Å²) in [5.74, 6) is -8.59. The summed E-state index contributed by atoms with van der Waals surface area (Å²) >= 11 is 0. The average Bonchev–Trinajstić information content (AvgIpc) is 2.69. The Labute approximate surface area is 507 Å². The molecule has 4 aliphatic rings. The molecule has 5 rings (SSSR count). The lowest BCUT2D eigenvalue weighted by molar-refractivity contribution is -0.150. The SMILES string of the molecule is CCCCCCCC(=O)N1CCC[C@H](C(=O)N[C@@H](Cc2ccccc2)C(=O)NC2(C(=O)N[C@@H](CC(C)C)C(=O)N3C[C@H](N)C[C@H]3C(=O)N(C)[C@@H](CC(C)C)C(=O)N[C@@H](CC(=O)O)C(=O)N3CCC[C@H]3C(=O)N[C@H](C(N)=O)[C@@H](C)CC)CCNCC2)C1. The third-order valence-corrected chi connectivity index (χ3v) is 17.5. The molecule has 0 bridgehead atoms. The molecule has 0 aromatic heterocycles. The molecule has 0 unspecified atom stereocenters. The molecule has 0 spiro atoms. The van der Waals surface area contributed by atoms with Crippen LogP contribution in [0.1, 0.15) is 163 Å². The van der Waals surface area contributed by atoms with Gasteiger partial charge in [0.2, 0.25) is 59.1 Å². The number of likely N-dealkylation sites (tertiary alicyclic amines) is 3. The molecular formula is C62H100N12O12. The first-order valence-electron chi connectivity index (χ1n) is 31.5. The zero-order valence-corrected chi connectivity index (χ0v) is 52.2. The van der Waals surface area contributed by atoms with Crippen molar-refractivity contribution in [2.75, 3.05) is 46.3 Å². The standard InChI is InChI=1S/C62H100N12O12/c1-9-11-12-13-17-24-50(75)72-29-18-22-42(36-72)54(79)66-44(33-41-20-15-14-16-21-41)55(80)70-62(25-27-65-28-26-62)61(86)68-45(31-38(3)4)59(84)74-37-43(63)34-49(74)60(85)71(8)48(32-39(5)6)57(82)67-46(35-51(76)77)58(83)73-30-19-23-47(73)56(81)69-52(53(64)78)40(7)10-2/h14-16,20-21,38-40,42-49,52,65H,9-13,17-19,22-37,63H2,1-8H3,(H2,64,78)(H,66,79)(H,67,82)(H,68,86)(H,69,81)(H,70,80)(H,76,77)/t40-,42-,43+,44-,45-,46-,47-,48-,49-,52-/m0/s1. The molecule has 4 fully saturated rings. The highest BCUT2D eigenvalue weighted by atomic mass is 16.4. The molecule has 1 aromatic carbocycles. The molecule has 480 valence electrons. The van der Waals surface area contributed by atoms with Crippen LogP contribution in [0.3, 0.4) is 0 Å². The molecule has 0 aliphatic carbocycles. The quantitative estimate of drug-likeness (QED) is 0.0480. The predicted molar refractivity (Wildman–Crippen MR) is 323 cm³/mol. The van der Waals surface area contributed by atoms with E-state index in [0.29, 0.717) is 51.7 Å². The number of benzene rings is 1. The first-order chi connectivity index (χ1) is 40.8. The Hall–Kier alpha value is -6.69. The Bertz CT molecular complexity index is 2510. The van der Waals surface area contributed by atoms with Gasteiger partial charge in [0.05, 0.1) is 12.3 Å². The zero-order chi connectivity index (χ0) is 63.4. The molecule has 4 heterocycles. The van der Waals surface area contributed by atoms with Crippen molar-refractivity contribution >= 4 is 65.0 Å². The second-order valence-corrected chi connectivity index (χ2v) is 25.3. The van der Waals surface area contributed by atoms with Crippen molar-refractivity contribution in [1.82, 2.24) is 51.5 Å². The van der Waals surface area contributed by atoms with Crippen molar-refractivity contribution < 1.29 is 57.8 Å². The van der Waals surface area contributed by atoms with E-state index in [1.807, 2.05) is 65.0 Å². The Morgan fingerprint density at radius 3 is 2.01 bits per heavy atom. The molecule has 0 saturated carbocycles. The average molecular weight is 1210 g/mol. The predicted octanol–water partition coefficient (Wildman–Crippen LogP) is 1.85. The van der Waals surface area contributed by atoms with Crippen LogP contribution in [0.4, 0.5) is 0 Å². The summed E-state index contributed by atoms with van der Waals surface area (Å²) in [7, 11) is 1.38. The van der Waals surface area contributed by atoms with Crippen molar-refractivity contribution in [2.24, 2.45) is 35.1 Å². The lowest BCUT2D eigenvalue weighted by Crippen LogP contribution is -2.67. The molecule has 24 heteroatoms. The van der Waals surface area contributed by atoms with Crippen molar-refractivity contribution in [2.45, 2.75) is 218 Å². The minimum Gasteiger partial charge on any atom is -0.481 e. The van der Waals surface area contributed by atoms with E-state index in [-0.39, 0.29) is 94.1 Å². The number of likely N-dealkylation sites (N-methyl/N-ethyl adjacent to an activating group) is 1. The van der Waals surface area contributed by atoms with Gasteiger partial charge in [0.25, 0.3) is 0 Å². The minimum atomic E-state index is -1.66. The monoisotopic (exact) mass is 1200 g/mol. The Morgan fingerprint density at radius 2 is 1.38 bits per heavy atom. The number of hydrogen-bond donors (Lipinski definition) is 9. The lowest BCUT2D eigenvalue weighted by Gasteiger charge is -2.40. The van der Waals surface area contributed by atoms with E-state index in [9.17, 15) is 48.3 Å². The number of rotatable bonds is 31. The number of nitrogens with one attached hydrogen (secondary N) is 6. The summed E-state index contributed by atoms with van der Waals surface area (Å²) in [6.07, 6.45) is 7.46. The zero-order valence-electron chi connectivity index (χ0n) is 52.2. The Morgan fingerprint density at radius 1 is 0.733 bits per heavy atom. The molecule has 4 saturated heterocycles. The second kappa shape index (κ2) is 33.4. The molecule has 4 aliphatic heterocycles. The number of carboxylic acids is 1. The van der Waals surface area contributed by atoms with E-state index < -0.39 is 119 Å². The fourth-order valence-electron chi connectivity index (χ4n) is 12.3. The third-order valence-electron chi connectivity index (χ3n) is 17.5.